The summed E-state index contributed by atoms with van der Waals surface area (Å²) in [5, 5.41) is 0. The predicted molar refractivity (Wildman–Crippen MR) is 60.0 cm³/mol. The molecule has 15 heavy (non-hydrogen) atoms. The van der Waals surface area contributed by atoms with Crippen molar-refractivity contribution >= 4 is 0 Å². The van der Waals surface area contributed by atoms with Gasteiger partial charge in [-0.05, 0) is 24.8 Å². The number of piperidine rings is 1. The third-order valence-corrected chi connectivity index (χ3v) is 3.53. The van der Waals surface area contributed by atoms with E-state index in [9.17, 15) is 0 Å². The molecule has 0 saturated carbocycles. The van der Waals surface area contributed by atoms with E-state index in [0.717, 1.165) is 52.1 Å². The minimum Gasteiger partial charge on any atom is -0.383 e. The minimum atomic E-state index is 0.140. The van der Waals surface area contributed by atoms with Crippen molar-refractivity contribution < 1.29 is 9.47 Å². The van der Waals surface area contributed by atoms with Gasteiger partial charge in [-0.15, -0.1) is 0 Å². The van der Waals surface area contributed by atoms with Gasteiger partial charge < -0.3 is 14.4 Å². The van der Waals surface area contributed by atoms with Crippen LogP contribution in [0.2, 0.25) is 0 Å². The molecule has 0 aromatic carbocycles. The fourth-order valence-electron chi connectivity index (χ4n) is 2.54. The molecule has 2 saturated heterocycles. The van der Waals surface area contributed by atoms with Crippen LogP contribution in [0.5, 0.6) is 0 Å². The fraction of sp³-hybridized carbons (Fsp3) is 0.833. The van der Waals surface area contributed by atoms with Crippen LogP contribution in [0.25, 0.3) is 0 Å². The molecule has 86 valence electrons. The topological polar surface area (TPSA) is 21.7 Å². The second-order valence-electron chi connectivity index (χ2n) is 4.73. The molecule has 0 N–H and O–H groups in total. The molecule has 3 heteroatoms. The zero-order chi connectivity index (χ0) is 10.7. The van der Waals surface area contributed by atoms with E-state index in [1.54, 1.807) is 7.11 Å². The van der Waals surface area contributed by atoms with Crippen molar-refractivity contribution in [2.75, 3.05) is 40.0 Å². The molecular weight excluding hydrogens is 190 g/mol. The Morgan fingerprint density at radius 2 is 2.20 bits per heavy atom. The summed E-state index contributed by atoms with van der Waals surface area (Å²) in [5.74, 6) is 0. The first-order valence-corrected chi connectivity index (χ1v) is 5.76. The molecule has 0 bridgehead atoms. The van der Waals surface area contributed by atoms with Crippen molar-refractivity contribution in [2.24, 2.45) is 0 Å². The first-order chi connectivity index (χ1) is 7.24. The second kappa shape index (κ2) is 4.64. The first kappa shape index (κ1) is 11.1. The third-order valence-electron chi connectivity index (χ3n) is 3.53. The summed E-state index contributed by atoms with van der Waals surface area (Å²) < 4.78 is 11.0. The fourth-order valence-corrected chi connectivity index (χ4v) is 2.54. The Labute approximate surface area is 92.0 Å². The van der Waals surface area contributed by atoms with Gasteiger partial charge in [0.25, 0.3) is 0 Å². The normalized spacial score (nSPS) is 26.3. The molecule has 0 amide bonds. The molecule has 2 aliphatic heterocycles. The maximum absolute atomic E-state index is 5.89. The van der Waals surface area contributed by atoms with Crippen LogP contribution in [0.3, 0.4) is 0 Å². The van der Waals surface area contributed by atoms with Crippen molar-refractivity contribution in [3.63, 3.8) is 0 Å². The maximum Gasteiger partial charge on any atom is 0.0749 e. The summed E-state index contributed by atoms with van der Waals surface area (Å²) in [6.45, 7) is 8.94. The highest BCUT2D eigenvalue weighted by molar-refractivity contribution is 5.09. The molecule has 2 rings (SSSR count). The van der Waals surface area contributed by atoms with Gasteiger partial charge in [0.2, 0.25) is 0 Å². The number of methoxy groups -OCH3 is 1. The summed E-state index contributed by atoms with van der Waals surface area (Å²) in [5.41, 5.74) is 1.40. The van der Waals surface area contributed by atoms with Crippen LogP contribution < -0.4 is 0 Å². The lowest BCUT2D eigenvalue weighted by Gasteiger charge is -2.38. The molecule has 0 radical (unpaired) electrons. The third kappa shape index (κ3) is 2.60. The molecule has 0 unspecified atom stereocenters. The average Bonchev–Trinajstić information content (AvgIpc) is 2.60. The van der Waals surface area contributed by atoms with Crippen LogP contribution in [-0.4, -0.2) is 50.5 Å². The molecule has 1 spiro atoms. The quantitative estimate of drug-likeness (QED) is 0.659. The molecule has 0 aliphatic carbocycles. The van der Waals surface area contributed by atoms with Gasteiger partial charge in [-0.25, -0.2) is 0 Å². The van der Waals surface area contributed by atoms with Gasteiger partial charge in [-0.1, -0.05) is 6.58 Å². The number of rotatable bonds is 3. The summed E-state index contributed by atoms with van der Waals surface area (Å²) in [6.07, 6.45) is 3.37. The Bertz CT molecular complexity index is 232. The summed E-state index contributed by atoms with van der Waals surface area (Å²) in [7, 11) is 1.76. The summed E-state index contributed by atoms with van der Waals surface area (Å²) in [6, 6.07) is 0. The number of ether oxygens (including phenoxy) is 2. The average molecular weight is 211 g/mol. The van der Waals surface area contributed by atoms with E-state index < -0.39 is 0 Å². The first-order valence-electron chi connectivity index (χ1n) is 5.76. The SMILES string of the molecule is C=C1COC2(CCN(CCOC)CC2)C1. The summed E-state index contributed by atoms with van der Waals surface area (Å²) >= 11 is 0. The number of hydrogen-bond donors (Lipinski definition) is 0. The maximum atomic E-state index is 5.89. The highest BCUT2D eigenvalue weighted by Crippen LogP contribution is 2.37. The summed E-state index contributed by atoms with van der Waals surface area (Å²) in [4.78, 5) is 2.46. The van der Waals surface area contributed by atoms with Crippen LogP contribution in [0.1, 0.15) is 19.3 Å². The van der Waals surface area contributed by atoms with Crippen molar-refractivity contribution in [1.82, 2.24) is 4.90 Å². The number of nitrogens with zero attached hydrogens (tertiary/aromatic N) is 1. The van der Waals surface area contributed by atoms with E-state index in [0.29, 0.717) is 0 Å². The highest BCUT2D eigenvalue weighted by Gasteiger charge is 2.39. The second-order valence-corrected chi connectivity index (χ2v) is 4.73. The van der Waals surface area contributed by atoms with Gasteiger partial charge in [-0.3, -0.25) is 0 Å². The van der Waals surface area contributed by atoms with Crippen molar-refractivity contribution in [3.05, 3.63) is 12.2 Å². The lowest BCUT2D eigenvalue weighted by Crippen LogP contribution is -2.44. The van der Waals surface area contributed by atoms with E-state index in [2.05, 4.69) is 11.5 Å². The Kier molecular flexibility index (Phi) is 3.44. The van der Waals surface area contributed by atoms with Crippen molar-refractivity contribution in [1.29, 1.82) is 0 Å². The Balaban J connectivity index is 1.79. The molecule has 2 heterocycles. The standard InChI is InChI=1S/C12H21NO2/c1-11-9-12(15-10-11)3-5-13(6-4-12)7-8-14-2/h1,3-10H2,2H3. The Morgan fingerprint density at radius 1 is 1.47 bits per heavy atom. The van der Waals surface area contributed by atoms with Crippen LogP contribution >= 0.6 is 0 Å². The van der Waals surface area contributed by atoms with Gasteiger partial charge >= 0.3 is 0 Å². The van der Waals surface area contributed by atoms with E-state index in [1.807, 2.05) is 0 Å². The van der Waals surface area contributed by atoms with Crippen LogP contribution in [0.4, 0.5) is 0 Å². The molecule has 0 aromatic rings. The predicted octanol–water partition coefficient (Wildman–Crippen LogP) is 1.44. The largest absolute Gasteiger partial charge is 0.383 e. The monoisotopic (exact) mass is 211 g/mol. The molecule has 0 aromatic heterocycles. The molecule has 3 nitrogen and oxygen atoms in total. The zero-order valence-electron chi connectivity index (χ0n) is 9.63. The molecule has 0 atom stereocenters. The van der Waals surface area contributed by atoms with Crippen molar-refractivity contribution in [3.8, 4) is 0 Å². The van der Waals surface area contributed by atoms with E-state index in [4.69, 9.17) is 9.47 Å². The Hall–Kier alpha value is -0.380. The minimum absolute atomic E-state index is 0.140. The van der Waals surface area contributed by atoms with E-state index >= 15 is 0 Å². The van der Waals surface area contributed by atoms with Gasteiger partial charge in [-0.2, -0.15) is 0 Å². The van der Waals surface area contributed by atoms with E-state index in [1.165, 1.54) is 5.57 Å². The van der Waals surface area contributed by atoms with Crippen molar-refractivity contribution in [2.45, 2.75) is 24.9 Å². The molecule has 2 fully saturated rings. The lowest BCUT2D eigenvalue weighted by atomic mass is 9.87. The highest BCUT2D eigenvalue weighted by atomic mass is 16.5. The van der Waals surface area contributed by atoms with Gasteiger partial charge in [0.15, 0.2) is 0 Å². The molecule has 2 aliphatic rings. The van der Waals surface area contributed by atoms with Gasteiger partial charge in [0.1, 0.15) is 0 Å². The van der Waals surface area contributed by atoms with Crippen LogP contribution in [0, 0.1) is 0 Å². The number of hydrogen-bond acceptors (Lipinski definition) is 3. The zero-order valence-corrected chi connectivity index (χ0v) is 9.63. The smallest absolute Gasteiger partial charge is 0.0749 e. The lowest BCUT2D eigenvalue weighted by molar-refractivity contribution is -0.0456. The van der Waals surface area contributed by atoms with Gasteiger partial charge in [0.05, 0.1) is 18.8 Å². The van der Waals surface area contributed by atoms with Crippen LogP contribution in [0.15, 0.2) is 12.2 Å². The Morgan fingerprint density at radius 3 is 2.73 bits per heavy atom. The van der Waals surface area contributed by atoms with E-state index in [-0.39, 0.29) is 5.60 Å². The van der Waals surface area contributed by atoms with Crippen LogP contribution in [-0.2, 0) is 9.47 Å². The molecular formula is C12H21NO2. The van der Waals surface area contributed by atoms with Gasteiger partial charge in [0, 0.05) is 26.7 Å². The number of likely N-dealkylation sites (tertiary alicyclic amines) is 1.